The van der Waals surface area contributed by atoms with Crippen molar-refractivity contribution in [3.63, 3.8) is 0 Å². The fourth-order valence-electron chi connectivity index (χ4n) is 2.01. The summed E-state index contributed by atoms with van der Waals surface area (Å²) in [5, 5.41) is 12.9. The van der Waals surface area contributed by atoms with Crippen LogP contribution in [0.25, 0.3) is 16.6 Å². The molecular formula is C12H10N4O4. The number of fused-ring (bicyclic) bond motifs is 3. The number of aryl methyl sites for hydroxylation is 1. The Bertz CT molecular complexity index is 880. The molecule has 8 heteroatoms. The van der Waals surface area contributed by atoms with Crippen molar-refractivity contribution in [2.45, 2.75) is 13.3 Å². The molecule has 2 N–H and O–H groups in total. The number of ether oxygens (including phenoxy) is 1. The van der Waals surface area contributed by atoms with Gasteiger partial charge in [-0.2, -0.15) is 9.50 Å². The monoisotopic (exact) mass is 274 g/mol. The van der Waals surface area contributed by atoms with Crippen molar-refractivity contribution in [1.82, 2.24) is 19.6 Å². The Morgan fingerprint density at radius 3 is 3.00 bits per heavy atom. The van der Waals surface area contributed by atoms with Gasteiger partial charge in [0.2, 0.25) is 0 Å². The first-order valence-electron chi connectivity index (χ1n) is 5.91. The average Bonchev–Trinajstić information content (AvgIpc) is 2.81. The van der Waals surface area contributed by atoms with Crippen molar-refractivity contribution in [3.8, 4) is 6.01 Å². The quantitative estimate of drug-likeness (QED) is 0.679. The summed E-state index contributed by atoms with van der Waals surface area (Å²) in [4.78, 5) is 29.0. The molecular weight excluding hydrogens is 264 g/mol. The molecule has 0 bridgehead atoms. The average molecular weight is 274 g/mol. The molecule has 0 fully saturated rings. The molecule has 0 aliphatic rings. The molecule has 8 nitrogen and oxygen atoms in total. The van der Waals surface area contributed by atoms with E-state index in [0.717, 1.165) is 16.5 Å². The SMILES string of the molecule is CCc1ccc2c(c1)[nH]c(=O)n1nc(OC(=O)O)nc21. The zero-order valence-electron chi connectivity index (χ0n) is 10.5. The highest BCUT2D eigenvalue weighted by atomic mass is 16.7. The summed E-state index contributed by atoms with van der Waals surface area (Å²) in [7, 11) is 0. The van der Waals surface area contributed by atoms with Crippen LogP contribution in [0.2, 0.25) is 0 Å². The van der Waals surface area contributed by atoms with E-state index >= 15 is 0 Å². The molecule has 3 aromatic rings. The fraction of sp³-hybridized carbons (Fsp3) is 0.167. The summed E-state index contributed by atoms with van der Waals surface area (Å²) in [6.45, 7) is 2.01. The number of H-pyrrole nitrogens is 1. The lowest BCUT2D eigenvalue weighted by Crippen LogP contribution is -2.17. The van der Waals surface area contributed by atoms with Crippen molar-refractivity contribution in [1.29, 1.82) is 0 Å². The topological polar surface area (TPSA) is 110 Å². The molecule has 3 rings (SSSR count). The largest absolute Gasteiger partial charge is 0.513 e. The van der Waals surface area contributed by atoms with E-state index in [2.05, 4.69) is 19.8 Å². The Morgan fingerprint density at radius 2 is 2.30 bits per heavy atom. The predicted octanol–water partition coefficient (Wildman–Crippen LogP) is 1.19. The van der Waals surface area contributed by atoms with Gasteiger partial charge in [-0.1, -0.05) is 13.0 Å². The van der Waals surface area contributed by atoms with Crippen LogP contribution >= 0.6 is 0 Å². The first-order valence-corrected chi connectivity index (χ1v) is 5.91. The van der Waals surface area contributed by atoms with E-state index in [0.29, 0.717) is 10.9 Å². The third-order valence-electron chi connectivity index (χ3n) is 2.93. The Labute approximate surface area is 111 Å². The Balaban J connectivity index is 2.31. The summed E-state index contributed by atoms with van der Waals surface area (Å²) in [5.74, 6) is 0. The van der Waals surface area contributed by atoms with Gasteiger partial charge in [-0.05, 0) is 24.1 Å². The second-order valence-electron chi connectivity index (χ2n) is 4.16. The van der Waals surface area contributed by atoms with E-state index in [4.69, 9.17) is 5.11 Å². The second kappa shape index (κ2) is 4.34. The number of nitrogens with one attached hydrogen (secondary N) is 1. The van der Waals surface area contributed by atoms with Crippen molar-refractivity contribution in [3.05, 3.63) is 34.2 Å². The van der Waals surface area contributed by atoms with Gasteiger partial charge in [-0.15, -0.1) is 5.10 Å². The summed E-state index contributed by atoms with van der Waals surface area (Å²) < 4.78 is 5.35. The summed E-state index contributed by atoms with van der Waals surface area (Å²) in [6, 6.07) is 5.18. The lowest BCUT2D eigenvalue weighted by Gasteiger charge is -2.01. The van der Waals surface area contributed by atoms with Crippen LogP contribution in [0.4, 0.5) is 4.79 Å². The fourth-order valence-corrected chi connectivity index (χ4v) is 2.01. The van der Waals surface area contributed by atoms with Crippen LogP contribution in [0.5, 0.6) is 6.01 Å². The molecule has 0 saturated heterocycles. The first kappa shape index (κ1) is 12.2. The minimum atomic E-state index is -1.53. The van der Waals surface area contributed by atoms with Crippen LogP contribution < -0.4 is 10.4 Å². The smallest absolute Gasteiger partial charge is 0.449 e. The molecule has 0 aliphatic carbocycles. The van der Waals surface area contributed by atoms with Crippen molar-refractivity contribution >= 4 is 22.7 Å². The summed E-state index contributed by atoms with van der Waals surface area (Å²) >= 11 is 0. The van der Waals surface area contributed by atoms with Gasteiger partial charge in [0.25, 0.3) is 0 Å². The summed E-state index contributed by atoms with van der Waals surface area (Å²) in [6.07, 6.45) is -0.696. The van der Waals surface area contributed by atoms with Crippen molar-refractivity contribution in [2.75, 3.05) is 0 Å². The van der Waals surface area contributed by atoms with E-state index in [1.165, 1.54) is 0 Å². The standard InChI is InChI=1S/C12H10N4O4/c1-2-6-3-4-7-8(5-6)13-11(17)16-9(7)14-10(15-16)20-12(18)19/h3-5H,2H2,1H3,(H,13,17)(H,18,19). The number of rotatable bonds is 2. The minimum absolute atomic E-state index is 0.252. The number of aromatic amines is 1. The molecule has 0 radical (unpaired) electrons. The Kier molecular flexibility index (Phi) is 2.63. The Morgan fingerprint density at radius 1 is 1.50 bits per heavy atom. The van der Waals surface area contributed by atoms with E-state index < -0.39 is 11.8 Å². The van der Waals surface area contributed by atoms with Crippen molar-refractivity contribution < 1.29 is 14.6 Å². The number of aromatic nitrogens is 4. The van der Waals surface area contributed by atoms with Crippen LogP contribution in [-0.4, -0.2) is 30.8 Å². The van der Waals surface area contributed by atoms with E-state index in [1.54, 1.807) is 6.07 Å². The van der Waals surface area contributed by atoms with Crippen LogP contribution in [-0.2, 0) is 6.42 Å². The van der Waals surface area contributed by atoms with Gasteiger partial charge in [0.15, 0.2) is 5.65 Å². The molecule has 0 aliphatic heterocycles. The molecule has 2 aromatic heterocycles. The number of hydrogen-bond donors (Lipinski definition) is 2. The first-order chi connectivity index (χ1) is 9.58. The molecule has 2 heterocycles. The third-order valence-corrected chi connectivity index (χ3v) is 2.93. The van der Waals surface area contributed by atoms with Crippen LogP contribution in [0.3, 0.4) is 0 Å². The molecule has 0 spiro atoms. The maximum Gasteiger partial charge on any atom is 0.513 e. The minimum Gasteiger partial charge on any atom is -0.449 e. The van der Waals surface area contributed by atoms with Gasteiger partial charge in [-0.3, -0.25) is 0 Å². The van der Waals surface area contributed by atoms with Gasteiger partial charge in [0, 0.05) is 5.39 Å². The number of carboxylic acid groups (broad SMARTS) is 1. The lowest BCUT2D eigenvalue weighted by molar-refractivity contribution is 0.140. The molecule has 0 unspecified atom stereocenters. The van der Waals surface area contributed by atoms with Gasteiger partial charge < -0.3 is 14.8 Å². The van der Waals surface area contributed by atoms with Gasteiger partial charge in [0.05, 0.1) is 5.52 Å². The van der Waals surface area contributed by atoms with E-state index in [1.807, 2.05) is 19.1 Å². The highest BCUT2D eigenvalue weighted by Crippen LogP contribution is 2.18. The van der Waals surface area contributed by atoms with Crippen LogP contribution in [0.1, 0.15) is 12.5 Å². The number of nitrogens with zero attached hydrogens (tertiary/aromatic N) is 3. The predicted molar refractivity (Wildman–Crippen MR) is 69.1 cm³/mol. The molecule has 0 saturated carbocycles. The van der Waals surface area contributed by atoms with E-state index in [9.17, 15) is 9.59 Å². The molecule has 0 atom stereocenters. The highest BCUT2D eigenvalue weighted by molar-refractivity contribution is 5.91. The van der Waals surface area contributed by atoms with E-state index in [-0.39, 0.29) is 11.7 Å². The highest BCUT2D eigenvalue weighted by Gasteiger charge is 2.13. The molecule has 102 valence electrons. The summed E-state index contributed by atoms with van der Waals surface area (Å²) in [5.41, 5.74) is 1.44. The van der Waals surface area contributed by atoms with Gasteiger partial charge in [-0.25, -0.2) is 9.59 Å². The molecule has 0 amide bonds. The van der Waals surface area contributed by atoms with Gasteiger partial charge in [0.1, 0.15) is 0 Å². The second-order valence-corrected chi connectivity index (χ2v) is 4.16. The zero-order valence-corrected chi connectivity index (χ0v) is 10.5. The molecule has 20 heavy (non-hydrogen) atoms. The maximum absolute atomic E-state index is 11.9. The van der Waals surface area contributed by atoms with Crippen LogP contribution in [0, 0.1) is 0 Å². The third kappa shape index (κ3) is 1.87. The Hall–Kier alpha value is -2.90. The zero-order chi connectivity index (χ0) is 14.3. The van der Waals surface area contributed by atoms with Crippen molar-refractivity contribution in [2.24, 2.45) is 0 Å². The lowest BCUT2D eigenvalue weighted by atomic mass is 10.1. The normalized spacial score (nSPS) is 11.1. The number of benzene rings is 1. The molecule has 1 aromatic carbocycles. The van der Waals surface area contributed by atoms with Crippen LogP contribution in [0.15, 0.2) is 23.0 Å². The maximum atomic E-state index is 11.9. The number of hydrogen-bond acceptors (Lipinski definition) is 5. The van der Waals surface area contributed by atoms with Gasteiger partial charge >= 0.3 is 17.9 Å². The number of carbonyl (C=O) groups is 1.